The minimum absolute atomic E-state index is 0.00696. The molecule has 15 aromatic rings. The van der Waals surface area contributed by atoms with Crippen molar-refractivity contribution in [3.63, 3.8) is 0 Å². The Morgan fingerprint density at radius 2 is 0.867 bits per heavy atom. The fourth-order valence-electron chi connectivity index (χ4n) is 16.8. The summed E-state index contributed by atoms with van der Waals surface area (Å²) < 4.78 is 54.3. The van der Waals surface area contributed by atoms with Crippen molar-refractivity contribution in [2.75, 3.05) is 13.7 Å². The molecular formula is C87H85Cl3F2N18O10. The predicted molar refractivity (Wildman–Crippen MR) is 446 cm³/mol. The van der Waals surface area contributed by atoms with Gasteiger partial charge in [0.05, 0.1) is 71.9 Å². The predicted octanol–water partition coefficient (Wildman–Crippen LogP) is 16.6. The van der Waals surface area contributed by atoms with E-state index in [9.17, 15) is 38.5 Å². The number of hydrogen-bond acceptors (Lipinski definition) is 22. The van der Waals surface area contributed by atoms with Gasteiger partial charge in [-0.3, -0.25) is 43.5 Å². The lowest BCUT2D eigenvalue weighted by atomic mass is 9.83. The summed E-state index contributed by atoms with van der Waals surface area (Å²) in [6, 6.07) is 30.6. The number of aryl methyl sites for hydroxylation is 1. The largest absolute Gasteiger partial charge is 0.439 e. The summed E-state index contributed by atoms with van der Waals surface area (Å²) in [5, 5.41) is 48.3. The molecule has 120 heavy (non-hydrogen) atoms. The van der Waals surface area contributed by atoms with E-state index in [1.165, 1.54) is 25.1 Å². The van der Waals surface area contributed by atoms with E-state index in [1.807, 2.05) is 66.1 Å². The van der Waals surface area contributed by atoms with Gasteiger partial charge in [-0.05, 0) is 140 Å². The molecular weight excluding hydrogens is 1600 g/mol. The fraction of sp³-hybridized carbons (Fsp3) is 0.345. The van der Waals surface area contributed by atoms with Gasteiger partial charge in [-0.2, -0.15) is 0 Å². The lowest BCUT2D eigenvalue weighted by Crippen LogP contribution is -2.36. The van der Waals surface area contributed by atoms with Crippen LogP contribution in [0.1, 0.15) is 150 Å². The van der Waals surface area contributed by atoms with Gasteiger partial charge >= 0.3 is 17.3 Å². The monoisotopic (exact) mass is 1680 g/mol. The highest BCUT2D eigenvalue weighted by atomic mass is 35.5. The van der Waals surface area contributed by atoms with Crippen molar-refractivity contribution >= 4 is 67.9 Å². The SMILES string of the molecule is CC1CCC(Cn2c(C(O)c3ccc(F)cc3F)nc3cc(-c4noc(=O)[nH]4)nc(-c4cncc(Cl)c4)c32)CC1.COCC(O)(c1ccccc1)c1nc2cc(-c3noc(=O)[nH]3)nc(-c3cncc(Cl)c3)c2n1CC1CCC(C)CC1.Cc1ccccc1C(O)c1nc2cc(-c3noc(=O)[nH]3)nc(-c3cncc(Cl)c3)c2n1CC1CCC(C)CC1. The van der Waals surface area contributed by atoms with Crippen LogP contribution in [0.3, 0.4) is 0 Å². The van der Waals surface area contributed by atoms with Crippen LogP contribution in [-0.2, 0) is 30.0 Å². The highest BCUT2D eigenvalue weighted by molar-refractivity contribution is 6.31. The Labute approximate surface area is 699 Å². The third-order valence-electron chi connectivity index (χ3n) is 23.1. The van der Waals surface area contributed by atoms with Crippen molar-refractivity contribution < 1.29 is 42.4 Å². The molecule has 618 valence electrons. The van der Waals surface area contributed by atoms with Gasteiger partial charge in [0, 0.05) is 92.2 Å². The van der Waals surface area contributed by atoms with Crippen LogP contribution in [0.2, 0.25) is 15.1 Å². The molecule has 0 spiro atoms. The van der Waals surface area contributed by atoms with Gasteiger partial charge in [0.15, 0.2) is 5.60 Å². The molecule has 3 unspecified atom stereocenters. The molecule has 3 aliphatic carbocycles. The van der Waals surface area contributed by atoms with Crippen molar-refractivity contribution in [2.45, 2.75) is 142 Å². The first-order valence-corrected chi connectivity index (χ1v) is 41.0. The maximum absolute atomic E-state index is 14.8. The third kappa shape index (κ3) is 17.6. The summed E-state index contributed by atoms with van der Waals surface area (Å²) >= 11 is 19.0. The maximum Gasteiger partial charge on any atom is 0.439 e. The van der Waals surface area contributed by atoms with Gasteiger partial charge < -0.3 is 33.8 Å². The minimum atomic E-state index is -1.55. The Hall–Kier alpha value is -11.6. The van der Waals surface area contributed by atoms with Gasteiger partial charge in [0.2, 0.25) is 17.5 Å². The molecule has 12 aromatic heterocycles. The van der Waals surface area contributed by atoms with Crippen LogP contribution in [0.5, 0.6) is 0 Å². The van der Waals surface area contributed by atoms with Gasteiger partial charge in [-0.15, -0.1) is 0 Å². The lowest BCUT2D eigenvalue weighted by Gasteiger charge is -2.31. The average molecular weight is 1690 g/mol. The number of aromatic amines is 3. The summed E-state index contributed by atoms with van der Waals surface area (Å²) in [7, 11) is 1.56. The maximum atomic E-state index is 14.8. The molecule has 0 bridgehead atoms. The first-order valence-electron chi connectivity index (χ1n) is 39.9. The summed E-state index contributed by atoms with van der Waals surface area (Å²) in [5.74, 6) is 1.05. The van der Waals surface area contributed by atoms with E-state index < -0.39 is 46.7 Å². The molecule has 3 atom stereocenters. The number of halogens is 5. The van der Waals surface area contributed by atoms with Crippen molar-refractivity contribution in [1.82, 2.24) is 89.0 Å². The zero-order chi connectivity index (χ0) is 83.6. The van der Waals surface area contributed by atoms with Crippen LogP contribution in [0.25, 0.3) is 101 Å². The van der Waals surface area contributed by atoms with Crippen molar-refractivity contribution in [1.29, 1.82) is 0 Å². The van der Waals surface area contributed by atoms with Crippen LogP contribution in [0.4, 0.5) is 8.78 Å². The van der Waals surface area contributed by atoms with E-state index in [2.05, 4.69) is 79.8 Å². The van der Waals surface area contributed by atoms with Crippen LogP contribution >= 0.6 is 34.8 Å². The number of ether oxygens (including phenoxy) is 1. The number of pyridine rings is 6. The standard InChI is InChI=1S/C30H31ClN6O4.C29H29ClN6O3.C28H25ClF2N6O3/c1-18-8-10-19(11-9-18)16-37-26-23(34-28(37)30(39,17-40-2)21-6-4-3-5-7-21)13-24(27-35-29(38)41-36-27)33-25(26)20-12-22(31)15-32-14-20;1-16-7-9-18(10-8-16)15-36-25-22(33-28(36)26(37)21-6-4-3-5-17(21)2)12-23(27-34-29(38)39-35-27)32-24(25)19-11-20(30)14-31-13-19;1-14-2-4-15(5-3-14)13-37-24-21(34-27(37)25(38)19-7-6-18(30)9-20(19)31)10-22(26-35-28(39)40-36-26)33-23(24)16-8-17(29)12-32-11-16/h3-7,12-15,18-19,39H,8-11,16-17H2,1-2H3,(H,35,36,38);3-6,11-14,16,18,26,37H,7-10,15H2,1-2H3,(H,34,35,38);6-12,14-15,25,38H,2-5,13H2,1H3,(H,35,36,39). The number of imidazole rings is 3. The molecule has 18 rings (SSSR count). The number of hydrogen-bond donors (Lipinski definition) is 6. The molecule has 0 amide bonds. The van der Waals surface area contributed by atoms with E-state index in [0.29, 0.717) is 143 Å². The second-order valence-electron chi connectivity index (χ2n) is 31.7. The highest BCUT2D eigenvalue weighted by Crippen LogP contribution is 2.44. The van der Waals surface area contributed by atoms with Crippen molar-refractivity contribution in [3.8, 4) is 68.3 Å². The summed E-state index contributed by atoms with van der Waals surface area (Å²) in [5.41, 5.74) is 8.96. The number of nitrogens with one attached hydrogen (secondary N) is 3. The van der Waals surface area contributed by atoms with Crippen molar-refractivity contribution in [2.24, 2.45) is 35.5 Å². The Balaban J connectivity index is 0.000000134. The summed E-state index contributed by atoms with van der Waals surface area (Å²) in [6.45, 7) is 10.7. The Morgan fingerprint density at radius 3 is 1.25 bits per heavy atom. The normalized spacial score (nSPS) is 18.6. The molecule has 3 aromatic carbocycles. The Kier molecular flexibility index (Phi) is 24.2. The lowest BCUT2D eigenvalue weighted by molar-refractivity contribution is -0.0124. The zero-order valence-corrected chi connectivity index (χ0v) is 68.4. The molecule has 0 radical (unpaired) electrons. The molecule has 33 heteroatoms. The van der Waals surface area contributed by atoms with Crippen LogP contribution in [-0.4, -0.2) is 118 Å². The number of benzene rings is 3. The van der Waals surface area contributed by atoms with Gasteiger partial charge in [-0.1, -0.05) is 170 Å². The first kappa shape index (κ1) is 82.1. The molecule has 3 fully saturated rings. The number of rotatable bonds is 20. The Bertz CT molecular complexity index is 6400. The number of aliphatic hydroxyl groups is 3. The molecule has 3 aliphatic rings. The molecule has 12 heterocycles. The van der Waals surface area contributed by atoms with Crippen LogP contribution in [0, 0.1) is 54.1 Å². The highest BCUT2D eigenvalue weighted by Gasteiger charge is 2.40. The first-order chi connectivity index (χ1) is 58.0. The number of fused-ring (bicyclic) bond motifs is 3. The zero-order valence-electron chi connectivity index (χ0n) is 66.1. The smallest absolute Gasteiger partial charge is 0.381 e. The molecule has 0 saturated heterocycles. The molecule has 6 N–H and O–H groups in total. The van der Waals surface area contributed by atoms with Crippen LogP contribution < -0.4 is 17.3 Å². The summed E-state index contributed by atoms with van der Waals surface area (Å²) in [4.78, 5) is 85.0. The third-order valence-corrected chi connectivity index (χ3v) is 23.8. The second kappa shape index (κ2) is 35.3. The average Bonchev–Trinajstić information content (AvgIpc) is 1.58. The fourth-order valence-corrected chi connectivity index (χ4v) is 17.3. The number of nitrogens with zero attached hydrogens (tertiary/aromatic N) is 15. The van der Waals surface area contributed by atoms with E-state index >= 15 is 0 Å². The van der Waals surface area contributed by atoms with Gasteiger partial charge in [-0.25, -0.2) is 53.1 Å². The number of aliphatic hydroxyl groups excluding tert-OH is 2. The van der Waals surface area contributed by atoms with E-state index in [1.54, 1.807) is 74.5 Å². The van der Waals surface area contributed by atoms with Gasteiger partial charge in [0.1, 0.15) is 58.4 Å². The van der Waals surface area contributed by atoms with E-state index in [0.717, 1.165) is 104 Å². The molecule has 0 aliphatic heterocycles. The summed E-state index contributed by atoms with van der Waals surface area (Å²) in [6.07, 6.45) is 20.3. The van der Waals surface area contributed by atoms with Crippen molar-refractivity contribution in [3.05, 3.63) is 244 Å². The quantitative estimate of drug-likeness (QED) is 0.0413. The Morgan fingerprint density at radius 1 is 0.483 bits per heavy atom. The van der Waals surface area contributed by atoms with Crippen LogP contribution in [0.15, 0.2) is 174 Å². The molecule has 28 nitrogen and oxygen atoms in total. The number of aromatic nitrogens is 18. The van der Waals surface area contributed by atoms with E-state index in [4.69, 9.17) is 78.5 Å². The number of H-pyrrole nitrogens is 3. The van der Waals surface area contributed by atoms with E-state index in [-0.39, 0.29) is 47.1 Å². The van der Waals surface area contributed by atoms with Gasteiger partial charge in [0.25, 0.3) is 0 Å². The second-order valence-corrected chi connectivity index (χ2v) is 33.1. The molecule has 3 saturated carbocycles. The topological polar surface area (TPSA) is 377 Å². The minimum Gasteiger partial charge on any atom is -0.381 e. The number of methoxy groups -OCH3 is 1.